The van der Waals surface area contributed by atoms with Crippen LogP contribution in [0.1, 0.15) is 0 Å². The summed E-state index contributed by atoms with van der Waals surface area (Å²) in [5.41, 5.74) is 5.30. The highest BCUT2D eigenvalue weighted by Gasteiger charge is 2.52. The van der Waals surface area contributed by atoms with Gasteiger partial charge in [-0.2, -0.15) is 0 Å². The average Bonchev–Trinajstić information content (AvgIpc) is 2.94. The van der Waals surface area contributed by atoms with Crippen molar-refractivity contribution in [1.29, 1.82) is 0 Å². The first-order chi connectivity index (χ1) is 19.3. The molecule has 3 saturated heterocycles. The number of rotatable bonds is 12. The van der Waals surface area contributed by atoms with E-state index < -0.39 is 126 Å². The first kappa shape index (κ1) is 35.0. The van der Waals surface area contributed by atoms with E-state index in [9.17, 15) is 55.4 Å². The van der Waals surface area contributed by atoms with Gasteiger partial charge in [-0.05, 0) is 0 Å². The zero-order chi connectivity index (χ0) is 30.6. The molecule has 19 nitrogen and oxygen atoms in total. The molecule has 0 radical (unpaired) electrons. The molecule has 0 aliphatic carbocycles. The first-order valence-corrected chi connectivity index (χ1v) is 14.5. The molecule has 3 rings (SSSR count). The Morgan fingerprint density at radius 2 is 1.24 bits per heavy atom. The predicted octanol–water partition coefficient (Wildman–Crippen LogP) is -6.75. The molecule has 41 heavy (non-hydrogen) atoms. The van der Waals surface area contributed by atoms with E-state index in [0.717, 1.165) is 7.11 Å². The first-order valence-electron chi connectivity index (χ1n) is 12.7. The molecule has 0 bridgehead atoms. The molecule has 3 aliphatic heterocycles. The normalized spacial score (nSPS) is 47.2. The third-order valence-corrected chi connectivity index (χ3v) is 8.33. The maximum absolute atomic E-state index is 12.1. The molecular formula is C21H40NO18P. The monoisotopic (exact) mass is 625 g/mol. The minimum atomic E-state index is -4.17. The minimum absolute atomic E-state index is 0.170. The summed E-state index contributed by atoms with van der Waals surface area (Å²) in [5, 5.41) is 91.8. The van der Waals surface area contributed by atoms with Gasteiger partial charge in [0.15, 0.2) is 18.9 Å². The van der Waals surface area contributed by atoms with Gasteiger partial charge in [0, 0.05) is 13.7 Å². The fraction of sp³-hybridized carbons (Fsp3) is 1.00. The molecular weight excluding hydrogens is 585 g/mol. The van der Waals surface area contributed by atoms with E-state index in [0.29, 0.717) is 0 Å². The second-order valence-corrected chi connectivity index (χ2v) is 11.8. The maximum Gasteiger partial charge on any atom is 0.329 e. The Morgan fingerprint density at radius 3 is 1.83 bits per heavy atom. The van der Waals surface area contributed by atoms with Gasteiger partial charge < -0.3 is 89.5 Å². The summed E-state index contributed by atoms with van der Waals surface area (Å²) >= 11 is 0. The maximum atomic E-state index is 12.1. The van der Waals surface area contributed by atoms with E-state index in [4.69, 9.17) is 38.7 Å². The molecule has 0 saturated carbocycles. The molecule has 20 heteroatoms. The summed E-state index contributed by atoms with van der Waals surface area (Å²) in [5.74, 6) is 0. The minimum Gasteiger partial charge on any atom is -0.394 e. The van der Waals surface area contributed by atoms with Gasteiger partial charge in [0.2, 0.25) is 0 Å². The summed E-state index contributed by atoms with van der Waals surface area (Å²) < 4.78 is 49.4. The van der Waals surface area contributed by atoms with Gasteiger partial charge in [-0.15, -0.1) is 0 Å². The lowest BCUT2D eigenvalue weighted by Crippen LogP contribution is -2.65. The van der Waals surface area contributed by atoms with Gasteiger partial charge >= 0.3 is 7.60 Å². The Hall–Kier alpha value is -0.490. The van der Waals surface area contributed by atoms with Crippen LogP contribution in [0.15, 0.2) is 0 Å². The third kappa shape index (κ3) is 8.17. The van der Waals surface area contributed by atoms with E-state index in [-0.39, 0.29) is 6.54 Å². The molecule has 0 amide bonds. The van der Waals surface area contributed by atoms with Gasteiger partial charge in [0.25, 0.3) is 0 Å². The van der Waals surface area contributed by atoms with Crippen LogP contribution in [0.25, 0.3) is 0 Å². The number of aliphatic hydroxyl groups excluding tert-OH is 9. The molecule has 3 fully saturated rings. The lowest BCUT2D eigenvalue weighted by Gasteiger charge is -2.46. The van der Waals surface area contributed by atoms with Gasteiger partial charge in [-0.1, -0.05) is 0 Å². The van der Waals surface area contributed by atoms with E-state index in [1.165, 1.54) is 0 Å². The molecule has 3 aliphatic rings. The van der Waals surface area contributed by atoms with E-state index in [2.05, 4.69) is 0 Å². The molecule has 242 valence electrons. The number of nitrogens with two attached hydrogens (primary N) is 1. The molecule has 16 atom stereocenters. The van der Waals surface area contributed by atoms with Crippen LogP contribution in [0, 0.1) is 0 Å². The Bertz CT molecular complexity index is 857. The van der Waals surface area contributed by atoms with Crippen molar-refractivity contribution in [2.24, 2.45) is 5.73 Å². The molecule has 0 aromatic heterocycles. The standard InChI is InChI=1S/C21H40NO18P/c1-34-19-17(31)14(28)18(9(39-19)6-36-41(32,33)3-2-22)40-21-16(30)13(27)11(25)8(38-21)5-35-20-15(29)12(26)10(24)7(4-23)37-20/h7-21,23-31H,2-6,22H2,1H3,(H,32,33)/t7-,8-,9-,10-,11-,12+,13+,14-,15+,16+,17-,18-,19+,20+,21-/m1/s1. The SMILES string of the molecule is CO[C@H]1O[C@H](COP(=O)(O)CCN)[C@@H](O[C@H]2O[C@H](CO[C@H]3O[C@H](CO)[C@@H](O)[C@H](O)[C@@H]3O)[C@@H](O)[C@H](O)[C@@H]2O)[C@H](O)[C@H]1O. The van der Waals surface area contributed by atoms with E-state index in [1.807, 2.05) is 0 Å². The highest BCUT2D eigenvalue weighted by molar-refractivity contribution is 7.52. The number of hydrogen-bond acceptors (Lipinski definition) is 18. The molecule has 12 N–H and O–H groups in total. The van der Waals surface area contributed by atoms with Crippen molar-refractivity contribution in [3.63, 3.8) is 0 Å². The third-order valence-electron chi connectivity index (χ3n) is 6.96. The summed E-state index contributed by atoms with van der Waals surface area (Å²) in [4.78, 5) is 9.89. The summed E-state index contributed by atoms with van der Waals surface area (Å²) in [6, 6.07) is 0. The van der Waals surface area contributed by atoms with Crippen molar-refractivity contribution in [2.75, 3.05) is 39.6 Å². The van der Waals surface area contributed by atoms with Gasteiger partial charge in [-0.25, -0.2) is 0 Å². The molecule has 0 aromatic carbocycles. The molecule has 0 aromatic rings. The number of aliphatic hydroxyl groups is 9. The lowest BCUT2D eigenvalue weighted by atomic mass is 9.97. The highest BCUT2D eigenvalue weighted by Crippen LogP contribution is 2.42. The number of hydrogen-bond donors (Lipinski definition) is 11. The Balaban J connectivity index is 1.72. The zero-order valence-electron chi connectivity index (χ0n) is 22.0. The quantitative estimate of drug-likeness (QED) is 0.0898. The van der Waals surface area contributed by atoms with Crippen LogP contribution < -0.4 is 5.73 Å². The van der Waals surface area contributed by atoms with Crippen molar-refractivity contribution in [2.45, 2.75) is 92.1 Å². The van der Waals surface area contributed by atoms with Crippen molar-refractivity contribution in [1.82, 2.24) is 0 Å². The molecule has 0 spiro atoms. The smallest absolute Gasteiger partial charge is 0.329 e. The second kappa shape index (κ2) is 15.0. The van der Waals surface area contributed by atoms with Crippen molar-refractivity contribution >= 4 is 7.60 Å². The van der Waals surface area contributed by atoms with Gasteiger partial charge in [0.1, 0.15) is 73.2 Å². The average molecular weight is 626 g/mol. The lowest BCUT2D eigenvalue weighted by molar-refractivity contribution is -0.363. The fourth-order valence-corrected chi connectivity index (χ4v) is 5.37. The summed E-state index contributed by atoms with van der Waals surface area (Å²) in [6.45, 7) is -2.21. The number of methoxy groups -OCH3 is 1. The topological polar surface area (TPSA) is 310 Å². The van der Waals surface area contributed by atoms with Gasteiger partial charge in [0.05, 0.1) is 26.0 Å². The van der Waals surface area contributed by atoms with Crippen LogP contribution >= 0.6 is 7.60 Å². The van der Waals surface area contributed by atoms with Crippen LogP contribution in [0.4, 0.5) is 0 Å². The van der Waals surface area contributed by atoms with Crippen molar-refractivity contribution < 1.29 is 88.4 Å². The van der Waals surface area contributed by atoms with Crippen LogP contribution in [-0.2, 0) is 37.5 Å². The Morgan fingerprint density at radius 1 is 0.707 bits per heavy atom. The van der Waals surface area contributed by atoms with Crippen LogP contribution in [0.2, 0.25) is 0 Å². The Kier molecular flexibility index (Phi) is 12.8. The summed E-state index contributed by atoms with van der Waals surface area (Å²) in [7, 11) is -3.01. The predicted molar refractivity (Wildman–Crippen MR) is 129 cm³/mol. The zero-order valence-corrected chi connectivity index (χ0v) is 22.9. The molecule has 1 unspecified atom stereocenters. The Labute approximate surface area is 234 Å². The number of ether oxygens (including phenoxy) is 6. The van der Waals surface area contributed by atoms with Crippen LogP contribution in [-0.4, -0.2) is 183 Å². The van der Waals surface area contributed by atoms with E-state index >= 15 is 0 Å². The second-order valence-electron chi connectivity index (χ2n) is 9.85. The van der Waals surface area contributed by atoms with Crippen LogP contribution in [0.3, 0.4) is 0 Å². The largest absolute Gasteiger partial charge is 0.394 e. The molecule has 3 heterocycles. The van der Waals surface area contributed by atoms with E-state index in [1.54, 1.807) is 0 Å². The van der Waals surface area contributed by atoms with Crippen molar-refractivity contribution in [3.8, 4) is 0 Å². The van der Waals surface area contributed by atoms with Gasteiger partial charge in [-0.3, -0.25) is 4.57 Å². The highest BCUT2D eigenvalue weighted by atomic mass is 31.2. The summed E-state index contributed by atoms with van der Waals surface area (Å²) in [6.07, 6.45) is -25.3. The van der Waals surface area contributed by atoms with Crippen molar-refractivity contribution in [3.05, 3.63) is 0 Å². The van der Waals surface area contributed by atoms with Crippen LogP contribution in [0.5, 0.6) is 0 Å². The fourth-order valence-electron chi connectivity index (χ4n) is 4.54.